The first-order chi connectivity index (χ1) is 28.1. The Morgan fingerprint density at radius 2 is 1.22 bits per heavy atom. The Labute approximate surface area is 354 Å². The molecule has 0 radical (unpaired) electrons. The number of nitrogens with zero attached hydrogens (tertiary/aromatic N) is 5. The molecule has 5 aromatic rings. The summed E-state index contributed by atoms with van der Waals surface area (Å²) in [7, 11) is 0. The molecule has 6 heterocycles. The van der Waals surface area contributed by atoms with Crippen molar-refractivity contribution in [2.45, 2.75) is 100 Å². The summed E-state index contributed by atoms with van der Waals surface area (Å²) >= 11 is 13.0. The normalized spacial score (nSPS) is 13.6. The number of pyridine rings is 4. The number of amides is 2. The lowest BCUT2D eigenvalue weighted by Gasteiger charge is -2.30. The predicted molar refractivity (Wildman–Crippen MR) is 228 cm³/mol. The molecule has 2 aliphatic heterocycles. The molecule has 0 atom stereocenters. The SMILES string of the molecule is Cc1cc(C)c(CN2CCc3cnc(OC(C)C)c(Cl)c3C2=O)c(=O)[nH]1.Cc1cc(C)c(CN2CCc3cnc(OC(C)C)c(Cl)c3C2=O)c(OCc2ccccc2)n1. The number of rotatable bonds is 11. The van der Waals surface area contributed by atoms with Gasteiger partial charge in [0.1, 0.15) is 16.7 Å². The van der Waals surface area contributed by atoms with Gasteiger partial charge in [-0.05, 0) is 108 Å². The van der Waals surface area contributed by atoms with Crippen LogP contribution >= 0.6 is 23.2 Å². The third-order valence-electron chi connectivity index (χ3n) is 9.98. The molecule has 0 saturated carbocycles. The van der Waals surface area contributed by atoms with Crippen LogP contribution in [0.2, 0.25) is 10.0 Å². The highest BCUT2D eigenvalue weighted by molar-refractivity contribution is 6.35. The average molecular weight is 842 g/mol. The van der Waals surface area contributed by atoms with E-state index in [0.29, 0.717) is 67.5 Å². The minimum absolute atomic E-state index is 0.0894. The van der Waals surface area contributed by atoms with Crippen LogP contribution in [0.15, 0.2) is 59.7 Å². The molecular weight excluding hydrogens is 791 g/mol. The molecule has 12 nitrogen and oxygen atoms in total. The Morgan fingerprint density at radius 3 is 1.73 bits per heavy atom. The van der Waals surface area contributed by atoms with E-state index >= 15 is 0 Å². The van der Waals surface area contributed by atoms with Crippen LogP contribution in [0.3, 0.4) is 0 Å². The first kappa shape index (κ1) is 43.1. The maximum atomic E-state index is 13.4. The quantitative estimate of drug-likeness (QED) is 0.139. The number of aromatic nitrogens is 4. The van der Waals surface area contributed by atoms with Gasteiger partial charge in [-0.2, -0.15) is 0 Å². The number of hydrogen-bond acceptors (Lipinski definition) is 9. The van der Waals surface area contributed by atoms with E-state index in [1.807, 2.05) is 97.9 Å². The monoisotopic (exact) mass is 840 g/mol. The van der Waals surface area contributed by atoms with E-state index < -0.39 is 0 Å². The molecule has 1 aromatic carbocycles. The number of aromatic amines is 1. The van der Waals surface area contributed by atoms with Crippen molar-refractivity contribution < 1.29 is 23.8 Å². The first-order valence-electron chi connectivity index (χ1n) is 19.7. The summed E-state index contributed by atoms with van der Waals surface area (Å²) in [5.74, 6) is 0.776. The molecule has 0 fully saturated rings. The highest BCUT2D eigenvalue weighted by Crippen LogP contribution is 2.35. The summed E-state index contributed by atoms with van der Waals surface area (Å²) in [4.78, 5) is 58.2. The van der Waals surface area contributed by atoms with Crippen LogP contribution in [0.1, 0.15) is 98.7 Å². The first-order valence-corrected chi connectivity index (χ1v) is 20.5. The number of carbonyl (C=O) groups excluding carboxylic acids is 2. The van der Waals surface area contributed by atoms with Gasteiger partial charge in [-0.25, -0.2) is 15.0 Å². The molecule has 4 aromatic heterocycles. The Kier molecular flexibility index (Phi) is 13.6. The summed E-state index contributed by atoms with van der Waals surface area (Å²) in [5.41, 5.74) is 8.52. The van der Waals surface area contributed by atoms with Gasteiger partial charge in [0.2, 0.25) is 17.6 Å². The highest BCUT2D eigenvalue weighted by atomic mass is 35.5. The fourth-order valence-electron chi connectivity index (χ4n) is 7.12. The summed E-state index contributed by atoms with van der Waals surface area (Å²) in [5, 5.41) is 0.510. The lowest BCUT2D eigenvalue weighted by atomic mass is 10.00. The molecule has 2 aliphatic rings. The molecule has 0 aliphatic carbocycles. The second kappa shape index (κ2) is 18.6. The van der Waals surface area contributed by atoms with Crippen LogP contribution < -0.4 is 19.8 Å². The number of H-pyrrole nitrogens is 1. The maximum absolute atomic E-state index is 13.4. The van der Waals surface area contributed by atoms with Crippen molar-refractivity contribution in [1.29, 1.82) is 0 Å². The van der Waals surface area contributed by atoms with E-state index in [-0.39, 0.29) is 52.1 Å². The molecule has 59 heavy (non-hydrogen) atoms. The second-order valence-corrected chi connectivity index (χ2v) is 16.2. The van der Waals surface area contributed by atoms with Gasteiger partial charge in [-0.15, -0.1) is 0 Å². The number of nitrogens with one attached hydrogen (secondary N) is 1. The number of ether oxygens (including phenoxy) is 3. The van der Waals surface area contributed by atoms with Gasteiger partial charge in [-0.3, -0.25) is 14.4 Å². The van der Waals surface area contributed by atoms with E-state index in [0.717, 1.165) is 44.8 Å². The molecule has 2 amide bonds. The van der Waals surface area contributed by atoms with Crippen molar-refractivity contribution in [3.63, 3.8) is 0 Å². The van der Waals surface area contributed by atoms with Gasteiger partial charge in [0.05, 0.1) is 36.4 Å². The van der Waals surface area contributed by atoms with Crippen LogP contribution in [0.25, 0.3) is 0 Å². The van der Waals surface area contributed by atoms with Gasteiger partial charge in [0.25, 0.3) is 17.4 Å². The van der Waals surface area contributed by atoms with Gasteiger partial charge in [-0.1, -0.05) is 53.5 Å². The Morgan fingerprint density at radius 1 is 0.712 bits per heavy atom. The Balaban J connectivity index is 0.000000204. The van der Waals surface area contributed by atoms with Gasteiger partial charge in [0.15, 0.2) is 0 Å². The highest BCUT2D eigenvalue weighted by Gasteiger charge is 2.32. The van der Waals surface area contributed by atoms with Crippen molar-refractivity contribution in [1.82, 2.24) is 29.7 Å². The summed E-state index contributed by atoms with van der Waals surface area (Å²) in [6.45, 7) is 17.4. The average Bonchev–Trinajstić information content (AvgIpc) is 3.17. The standard InChI is InChI=1S/C26H28ClN3O3.C19H22ClN3O3/c1-16(2)33-25-23(27)22-20(13-28-25)10-11-30(26(22)31)14-21-17(3)12-18(4)29-24(21)32-15-19-8-6-5-7-9-19;1-10(2)26-18-16(20)15-13(8-21-18)5-6-23(19(15)25)9-14-11(3)7-12(4)22-17(14)24/h5-9,12-13,16H,10-11,14-15H2,1-4H3;7-8,10H,5-6,9H2,1-4H3,(H,22,24). The Hall–Kier alpha value is -5.46. The molecule has 1 N–H and O–H groups in total. The van der Waals surface area contributed by atoms with E-state index in [9.17, 15) is 14.4 Å². The van der Waals surface area contributed by atoms with Crippen LogP contribution in [0.4, 0.5) is 0 Å². The largest absolute Gasteiger partial charge is 0.474 e. The summed E-state index contributed by atoms with van der Waals surface area (Å²) in [6, 6.07) is 13.9. The third-order valence-corrected chi connectivity index (χ3v) is 10.7. The number of carbonyl (C=O) groups is 2. The maximum Gasteiger partial charge on any atom is 0.256 e. The molecule has 310 valence electrons. The van der Waals surface area contributed by atoms with E-state index in [2.05, 4.69) is 19.9 Å². The van der Waals surface area contributed by atoms with E-state index in [1.165, 1.54) is 0 Å². The van der Waals surface area contributed by atoms with Crippen molar-refractivity contribution in [3.05, 3.63) is 137 Å². The number of fused-ring (bicyclic) bond motifs is 2. The lowest BCUT2D eigenvalue weighted by Crippen LogP contribution is -2.39. The Bertz CT molecular complexity index is 2420. The zero-order valence-corrected chi connectivity index (χ0v) is 36.3. The molecule has 0 saturated heterocycles. The van der Waals surface area contributed by atoms with E-state index in [1.54, 1.807) is 22.2 Å². The van der Waals surface area contributed by atoms with Crippen molar-refractivity contribution in [2.24, 2.45) is 0 Å². The number of hydrogen-bond donors (Lipinski definition) is 1. The van der Waals surface area contributed by atoms with Crippen molar-refractivity contribution in [3.8, 4) is 17.6 Å². The van der Waals surface area contributed by atoms with Crippen LogP contribution in [-0.4, -0.2) is 66.8 Å². The predicted octanol–water partition coefficient (Wildman–Crippen LogP) is 8.34. The zero-order chi connectivity index (χ0) is 42.5. The fourth-order valence-corrected chi connectivity index (χ4v) is 7.71. The number of halogens is 2. The van der Waals surface area contributed by atoms with Gasteiger partial charge >= 0.3 is 0 Å². The topological polar surface area (TPSA) is 140 Å². The number of benzene rings is 1. The van der Waals surface area contributed by atoms with E-state index in [4.69, 9.17) is 37.4 Å². The van der Waals surface area contributed by atoms with Crippen LogP contribution in [0.5, 0.6) is 17.6 Å². The third kappa shape index (κ3) is 10.1. The molecule has 7 rings (SSSR count). The molecule has 0 spiro atoms. The fraction of sp³-hybridized carbons (Fsp3) is 0.378. The lowest BCUT2D eigenvalue weighted by molar-refractivity contribution is 0.0717. The summed E-state index contributed by atoms with van der Waals surface area (Å²) in [6.07, 6.45) is 4.47. The molecule has 14 heteroatoms. The molecular formula is C45H50Cl2N6O6. The van der Waals surface area contributed by atoms with Gasteiger partial charge in [0, 0.05) is 48.0 Å². The molecule has 0 unspecified atom stereocenters. The number of aryl methyl sites for hydroxylation is 4. The zero-order valence-electron chi connectivity index (χ0n) is 34.7. The van der Waals surface area contributed by atoms with Crippen molar-refractivity contribution in [2.75, 3.05) is 13.1 Å². The van der Waals surface area contributed by atoms with Crippen LogP contribution in [-0.2, 0) is 32.5 Å². The van der Waals surface area contributed by atoms with Crippen molar-refractivity contribution >= 4 is 35.0 Å². The smallest absolute Gasteiger partial charge is 0.256 e. The molecule has 0 bridgehead atoms. The minimum Gasteiger partial charge on any atom is -0.474 e. The second-order valence-electron chi connectivity index (χ2n) is 15.4. The summed E-state index contributed by atoms with van der Waals surface area (Å²) < 4.78 is 17.4. The van der Waals surface area contributed by atoms with Gasteiger partial charge < -0.3 is 29.0 Å². The van der Waals surface area contributed by atoms with Crippen LogP contribution in [0, 0.1) is 27.7 Å². The minimum atomic E-state index is -0.202.